The van der Waals surface area contributed by atoms with Gasteiger partial charge in [-0.05, 0) is 24.8 Å². The van der Waals surface area contributed by atoms with Crippen molar-refractivity contribution in [2.75, 3.05) is 7.11 Å². The highest BCUT2D eigenvalue weighted by molar-refractivity contribution is 5.89. The summed E-state index contributed by atoms with van der Waals surface area (Å²) >= 11 is 0. The first-order valence-corrected chi connectivity index (χ1v) is 8.38. The van der Waals surface area contributed by atoms with E-state index in [4.69, 9.17) is 10.5 Å². The van der Waals surface area contributed by atoms with Crippen molar-refractivity contribution in [3.8, 4) is 0 Å². The fraction of sp³-hybridized carbons (Fsp3) is 0.474. The van der Waals surface area contributed by atoms with Gasteiger partial charge < -0.3 is 15.8 Å². The number of methoxy groups -OCH3 is 1. The van der Waals surface area contributed by atoms with E-state index in [2.05, 4.69) is 11.9 Å². The van der Waals surface area contributed by atoms with Crippen molar-refractivity contribution < 1.29 is 14.3 Å². The summed E-state index contributed by atoms with van der Waals surface area (Å²) in [5.41, 5.74) is 6.16. The molecule has 24 heavy (non-hydrogen) atoms. The van der Waals surface area contributed by atoms with Crippen LogP contribution in [0.3, 0.4) is 0 Å². The van der Waals surface area contributed by atoms with Gasteiger partial charge in [0.1, 0.15) is 6.04 Å². The molecular formula is C19H28N2O3. The van der Waals surface area contributed by atoms with E-state index in [0.717, 1.165) is 37.7 Å². The summed E-state index contributed by atoms with van der Waals surface area (Å²) in [6, 6.07) is 8.50. The van der Waals surface area contributed by atoms with Crippen molar-refractivity contribution in [2.24, 2.45) is 5.73 Å². The number of hydrogen-bond donors (Lipinski definition) is 2. The molecule has 0 bridgehead atoms. The number of ether oxygens (including phenoxy) is 1. The summed E-state index contributed by atoms with van der Waals surface area (Å²) < 4.78 is 5.28. The van der Waals surface area contributed by atoms with Gasteiger partial charge in [-0.2, -0.15) is 0 Å². The number of unbranched alkanes of at least 4 members (excludes halogenated alkanes) is 4. The predicted octanol–water partition coefficient (Wildman–Crippen LogP) is 2.87. The molecule has 1 rings (SSSR count). The number of allylic oxidation sites excluding steroid dienone is 1. The molecule has 5 nitrogen and oxygen atoms in total. The lowest BCUT2D eigenvalue weighted by Gasteiger charge is -2.20. The maximum absolute atomic E-state index is 12.4. The van der Waals surface area contributed by atoms with E-state index in [1.54, 1.807) is 0 Å². The van der Waals surface area contributed by atoms with Gasteiger partial charge in [0, 0.05) is 7.11 Å². The zero-order valence-corrected chi connectivity index (χ0v) is 14.4. The Morgan fingerprint density at radius 2 is 1.88 bits per heavy atom. The molecule has 3 N–H and O–H groups in total. The van der Waals surface area contributed by atoms with Crippen LogP contribution in [0.2, 0.25) is 0 Å². The van der Waals surface area contributed by atoms with Crippen molar-refractivity contribution >= 4 is 11.8 Å². The monoisotopic (exact) mass is 332 g/mol. The Morgan fingerprint density at radius 3 is 2.46 bits per heavy atom. The van der Waals surface area contributed by atoms with Gasteiger partial charge in [-0.15, -0.1) is 6.58 Å². The number of carbonyl (C=O) groups excluding carboxylic acids is 2. The fourth-order valence-corrected chi connectivity index (χ4v) is 2.55. The molecule has 0 unspecified atom stereocenters. The zero-order valence-electron chi connectivity index (χ0n) is 14.4. The van der Waals surface area contributed by atoms with E-state index < -0.39 is 18.1 Å². The molecule has 0 saturated carbocycles. The third-order valence-corrected chi connectivity index (χ3v) is 3.89. The molecule has 0 aliphatic carbocycles. The highest BCUT2D eigenvalue weighted by Crippen LogP contribution is 2.17. The molecule has 0 aromatic heterocycles. The minimum absolute atomic E-state index is 0.348. The predicted molar refractivity (Wildman–Crippen MR) is 95.2 cm³/mol. The molecule has 2 atom stereocenters. The molecule has 5 heteroatoms. The normalized spacial score (nSPS) is 13.0. The summed E-state index contributed by atoms with van der Waals surface area (Å²) in [4.78, 5) is 24.0. The molecule has 132 valence electrons. The number of primary amides is 1. The summed E-state index contributed by atoms with van der Waals surface area (Å²) in [5, 5.41) is 2.71. The third-order valence-electron chi connectivity index (χ3n) is 3.89. The van der Waals surface area contributed by atoms with Gasteiger partial charge in [0.2, 0.25) is 5.91 Å². The second-order valence-electron chi connectivity index (χ2n) is 5.77. The van der Waals surface area contributed by atoms with Crippen LogP contribution in [0.25, 0.3) is 0 Å². The van der Waals surface area contributed by atoms with Crippen LogP contribution in [-0.2, 0) is 14.3 Å². The first kappa shape index (κ1) is 19.9. The zero-order chi connectivity index (χ0) is 17.8. The van der Waals surface area contributed by atoms with Crippen molar-refractivity contribution in [1.82, 2.24) is 5.32 Å². The van der Waals surface area contributed by atoms with Gasteiger partial charge in [-0.3, -0.25) is 9.59 Å². The second-order valence-corrected chi connectivity index (χ2v) is 5.77. The van der Waals surface area contributed by atoms with Crippen molar-refractivity contribution in [2.45, 2.75) is 50.7 Å². The van der Waals surface area contributed by atoms with Crippen LogP contribution in [-0.4, -0.2) is 25.0 Å². The highest BCUT2D eigenvalue weighted by Gasteiger charge is 2.24. The molecule has 1 aromatic carbocycles. The standard InChI is InChI=1S/C19H28N2O3/c1-3-4-5-6-7-11-14-16(18(20)22)21-19(23)17(24-2)15-12-9-8-10-13-15/h3,8-10,12-13,16-17H,1,4-7,11,14H2,2H3,(H2,20,22)(H,21,23)/t16-,17-/m0/s1. The molecule has 0 aliphatic rings. The number of hydrogen-bond acceptors (Lipinski definition) is 3. The maximum atomic E-state index is 12.4. The van der Waals surface area contributed by atoms with E-state index in [1.807, 2.05) is 36.4 Å². The molecule has 0 saturated heterocycles. The van der Waals surface area contributed by atoms with Gasteiger partial charge in [0.25, 0.3) is 5.91 Å². The van der Waals surface area contributed by atoms with E-state index >= 15 is 0 Å². The lowest BCUT2D eigenvalue weighted by atomic mass is 10.0. The molecule has 0 radical (unpaired) electrons. The number of nitrogens with two attached hydrogens (primary N) is 1. The maximum Gasteiger partial charge on any atom is 0.254 e. The minimum Gasteiger partial charge on any atom is -0.368 e. The number of benzene rings is 1. The molecule has 0 spiro atoms. The highest BCUT2D eigenvalue weighted by atomic mass is 16.5. The van der Waals surface area contributed by atoms with Crippen LogP contribution in [0.5, 0.6) is 0 Å². The molecule has 1 aromatic rings. The Bertz CT molecular complexity index is 517. The lowest BCUT2D eigenvalue weighted by Crippen LogP contribution is -2.46. The first-order valence-electron chi connectivity index (χ1n) is 8.38. The van der Waals surface area contributed by atoms with Crippen LogP contribution in [0.1, 0.15) is 50.2 Å². The molecule has 0 heterocycles. The SMILES string of the molecule is C=CCCCCCC[C@H](NC(=O)[C@@H](OC)c1ccccc1)C(N)=O. The topological polar surface area (TPSA) is 81.4 Å². The summed E-state index contributed by atoms with van der Waals surface area (Å²) in [7, 11) is 1.47. The molecular weight excluding hydrogens is 304 g/mol. The van der Waals surface area contributed by atoms with Crippen LogP contribution in [0.15, 0.2) is 43.0 Å². The smallest absolute Gasteiger partial charge is 0.254 e. The molecule has 0 aliphatic heterocycles. The number of rotatable bonds is 12. The summed E-state index contributed by atoms with van der Waals surface area (Å²) in [5.74, 6) is -0.864. The summed E-state index contributed by atoms with van der Waals surface area (Å²) in [6.07, 6.45) is 6.71. The van der Waals surface area contributed by atoms with Gasteiger partial charge in [-0.25, -0.2) is 0 Å². The van der Waals surface area contributed by atoms with Gasteiger partial charge in [0.05, 0.1) is 0 Å². The third kappa shape index (κ3) is 6.96. The van der Waals surface area contributed by atoms with Gasteiger partial charge in [-0.1, -0.05) is 55.7 Å². The number of carbonyl (C=O) groups is 2. The van der Waals surface area contributed by atoms with Crippen molar-refractivity contribution in [1.29, 1.82) is 0 Å². The number of nitrogens with one attached hydrogen (secondary N) is 1. The largest absolute Gasteiger partial charge is 0.368 e. The van der Waals surface area contributed by atoms with Gasteiger partial charge in [0.15, 0.2) is 6.10 Å². The van der Waals surface area contributed by atoms with E-state index in [-0.39, 0.29) is 5.91 Å². The molecule has 0 fully saturated rings. The van der Waals surface area contributed by atoms with Crippen LogP contribution in [0, 0.1) is 0 Å². The quantitative estimate of drug-likeness (QED) is 0.456. The average Bonchev–Trinajstić information content (AvgIpc) is 2.58. The molecule has 2 amide bonds. The van der Waals surface area contributed by atoms with Gasteiger partial charge >= 0.3 is 0 Å². The first-order chi connectivity index (χ1) is 11.6. The van der Waals surface area contributed by atoms with Crippen LogP contribution < -0.4 is 11.1 Å². The van der Waals surface area contributed by atoms with Crippen molar-refractivity contribution in [3.63, 3.8) is 0 Å². The minimum atomic E-state index is -0.749. The number of amides is 2. The van der Waals surface area contributed by atoms with E-state index in [0.29, 0.717) is 6.42 Å². The summed E-state index contributed by atoms with van der Waals surface area (Å²) in [6.45, 7) is 3.69. The van der Waals surface area contributed by atoms with Crippen molar-refractivity contribution in [3.05, 3.63) is 48.6 Å². The second kappa shape index (κ2) is 11.4. The Labute approximate surface area is 144 Å². The van der Waals surface area contributed by atoms with Crippen LogP contribution in [0.4, 0.5) is 0 Å². The lowest BCUT2D eigenvalue weighted by molar-refractivity contribution is -0.135. The Morgan fingerprint density at radius 1 is 1.21 bits per heavy atom. The Balaban J connectivity index is 2.52. The Hall–Kier alpha value is -2.14. The fourth-order valence-electron chi connectivity index (χ4n) is 2.55. The van der Waals surface area contributed by atoms with E-state index in [1.165, 1.54) is 7.11 Å². The van der Waals surface area contributed by atoms with E-state index in [9.17, 15) is 9.59 Å². The average molecular weight is 332 g/mol. The Kier molecular flexibility index (Phi) is 9.46. The van der Waals surface area contributed by atoms with Crippen LogP contribution >= 0.6 is 0 Å².